The van der Waals surface area contributed by atoms with Gasteiger partial charge in [-0.3, -0.25) is 14.9 Å². The van der Waals surface area contributed by atoms with Crippen molar-refractivity contribution in [3.63, 3.8) is 0 Å². The first-order valence-corrected chi connectivity index (χ1v) is 10.4. The molecule has 0 bridgehead atoms. The summed E-state index contributed by atoms with van der Waals surface area (Å²) in [4.78, 5) is 30.5. The van der Waals surface area contributed by atoms with Gasteiger partial charge in [0.1, 0.15) is 0 Å². The molecule has 0 unspecified atom stereocenters. The third kappa shape index (κ3) is 3.74. The van der Waals surface area contributed by atoms with Gasteiger partial charge in [0.15, 0.2) is 5.13 Å². The molecule has 0 saturated carbocycles. The highest BCUT2D eigenvalue weighted by Gasteiger charge is 2.23. The Kier molecular flexibility index (Phi) is 4.96. The van der Waals surface area contributed by atoms with E-state index in [4.69, 9.17) is 0 Å². The fourth-order valence-corrected chi connectivity index (χ4v) is 4.20. The number of fused-ring (bicyclic) bond motifs is 1. The highest BCUT2D eigenvalue weighted by molar-refractivity contribution is 14.1. The van der Waals surface area contributed by atoms with Gasteiger partial charge in [-0.25, -0.2) is 4.98 Å². The van der Waals surface area contributed by atoms with Gasteiger partial charge in [-0.2, -0.15) is 0 Å². The van der Waals surface area contributed by atoms with Crippen LogP contribution in [-0.2, 0) is 11.2 Å². The van der Waals surface area contributed by atoms with E-state index < -0.39 is 0 Å². The maximum atomic E-state index is 12.6. The van der Waals surface area contributed by atoms with Gasteiger partial charge in [0.25, 0.3) is 5.91 Å². The minimum Gasteiger partial charge on any atom is -0.312 e. The number of benzene rings is 2. The average Bonchev–Trinajstić information content (AvgIpc) is 3.28. The molecule has 2 aromatic carbocycles. The maximum absolute atomic E-state index is 12.6. The van der Waals surface area contributed by atoms with Crippen molar-refractivity contribution in [2.24, 2.45) is 0 Å². The number of carbonyl (C=O) groups is 2. The van der Waals surface area contributed by atoms with Crippen molar-refractivity contribution in [1.29, 1.82) is 0 Å². The summed E-state index contributed by atoms with van der Waals surface area (Å²) in [5.41, 5.74) is 4.36. The van der Waals surface area contributed by atoms with Crippen LogP contribution in [-0.4, -0.2) is 23.3 Å². The third-order valence-corrected chi connectivity index (χ3v) is 5.96. The Morgan fingerprint density at radius 3 is 2.70 bits per heavy atom. The van der Waals surface area contributed by atoms with E-state index in [1.807, 2.05) is 41.8 Å². The molecular formula is C20H16IN3O2S. The largest absolute Gasteiger partial charge is 0.312 e. The van der Waals surface area contributed by atoms with Crippen molar-refractivity contribution < 1.29 is 9.59 Å². The molecule has 0 atom stereocenters. The molecule has 4 rings (SSSR count). The number of halogens is 1. The van der Waals surface area contributed by atoms with E-state index in [9.17, 15) is 9.59 Å². The van der Waals surface area contributed by atoms with Crippen LogP contribution in [0.1, 0.15) is 22.8 Å². The summed E-state index contributed by atoms with van der Waals surface area (Å²) >= 11 is 3.67. The number of hydrogen-bond donors (Lipinski definition) is 1. The van der Waals surface area contributed by atoms with Crippen molar-refractivity contribution in [3.8, 4) is 11.3 Å². The van der Waals surface area contributed by atoms with Crippen LogP contribution < -0.4 is 10.2 Å². The summed E-state index contributed by atoms with van der Waals surface area (Å²) in [7, 11) is 0. The van der Waals surface area contributed by atoms with Crippen molar-refractivity contribution >= 4 is 56.6 Å². The van der Waals surface area contributed by atoms with Crippen LogP contribution in [0.25, 0.3) is 11.3 Å². The van der Waals surface area contributed by atoms with Crippen molar-refractivity contribution in [3.05, 3.63) is 62.5 Å². The summed E-state index contributed by atoms with van der Waals surface area (Å²) in [6.45, 7) is 2.23. The van der Waals surface area contributed by atoms with Crippen LogP contribution in [0.5, 0.6) is 0 Å². The number of carbonyl (C=O) groups excluding carboxylic acids is 2. The van der Waals surface area contributed by atoms with Crippen molar-refractivity contribution in [2.45, 2.75) is 13.3 Å². The second-order valence-electron chi connectivity index (χ2n) is 6.26. The summed E-state index contributed by atoms with van der Waals surface area (Å²) in [6, 6.07) is 13.6. The molecule has 7 heteroatoms. The second-order valence-corrected chi connectivity index (χ2v) is 8.37. The lowest BCUT2D eigenvalue weighted by molar-refractivity contribution is -0.116. The number of thiazole rings is 1. The zero-order valence-corrected chi connectivity index (χ0v) is 17.5. The highest BCUT2D eigenvalue weighted by atomic mass is 127. The lowest BCUT2D eigenvalue weighted by Crippen LogP contribution is -2.25. The molecule has 0 aliphatic carbocycles. The van der Waals surface area contributed by atoms with E-state index in [1.54, 1.807) is 17.9 Å². The molecule has 0 spiro atoms. The van der Waals surface area contributed by atoms with Crippen LogP contribution in [0.15, 0.2) is 47.8 Å². The Morgan fingerprint density at radius 1 is 1.19 bits per heavy atom. The smallest absolute Gasteiger partial charge is 0.257 e. The van der Waals surface area contributed by atoms with Gasteiger partial charge < -0.3 is 4.90 Å². The maximum Gasteiger partial charge on any atom is 0.257 e. The lowest BCUT2D eigenvalue weighted by atomic mass is 10.1. The van der Waals surface area contributed by atoms with Crippen LogP contribution >= 0.6 is 33.9 Å². The fraction of sp³-hybridized carbons (Fsp3) is 0.150. The number of amides is 2. The van der Waals surface area contributed by atoms with E-state index >= 15 is 0 Å². The number of nitrogens with zero attached hydrogens (tertiary/aromatic N) is 2. The molecule has 5 nitrogen and oxygen atoms in total. The second kappa shape index (κ2) is 7.40. The Balaban J connectivity index is 1.50. The standard InChI is InChI=1S/C20H16IN3O2S/c1-12(25)24-9-8-14-10-15(4-7-18(14)24)19(26)23-20-22-17(11-27-20)13-2-5-16(21)6-3-13/h2-7,10-11H,8-9H2,1H3,(H,22,23,26). The zero-order valence-electron chi connectivity index (χ0n) is 14.5. The Bertz CT molecular complexity index is 1030. The molecule has 27 heavy (non-hydrogen) atoms. The fourth-order valence-electron chi connectivity index (χ4n) is 3.12. The van der Waals surface area contributed by atoms with Crippen LogP contribution in [0.3, 0.4) is 0 Å². The first-order valence-electron chi connectivity index (χ1n) is 8.45. The SMILES string of the molecule is CC(=O)N1CCc2cc(C(=O)Nc3nc(-c4ccc(I)cc4)cs3)ccc21. The molecule has 0 fully saturated rings. The Labute approximate surface area is 174 Å². The molecule has 2 heterocycles. The summed E-state index contributed by atoms with van der Waals surface area (Å²) < 4.78 is 1.17. The topological polar surface area (TPSA) is 62.3 Å². The van der Waals surface area contributed by atoms with Gasteiger partial charge in [-0.05, 0) is 64.9 Å². The summed E-state index contributed by atoms with van der Waals surface area (Å²) in [5, 5.41) is 5.38. The quantitative estimate of drug-likeness (QED) is 0.549. The predicted octanol–water partition coefficient (Wildman–Crippen LogP) is 4.58. The summed E-state index contributed by atoms with van der Waals surface area (Å²) in [5.74, 6) is -0.167. The first kappa shape index (κ1) is 18.1. The van der Waals surface area contributed by atoms with Gasteiger partial charge in [0.05, 0.1) is 5.69 Å². The number of nitrogens with one attached hydrogen (secondary N) is 1. The minimum atomic E-state index is -0.192. The molecule has 1 aromatic heterocycles. The Morgan fingerprint density at radius 2 is 1.96 bits per heavy atom. The van der Waals surface area contributed by atoms with Crippen LogP contribution in [0.2, 0.25) is 0 Å². The van der Waals surface area contributed by atoms with Crippen molar-refractivity contribution in [2.75, 3.05) is 16.8 Å². The molecular weight excluding hydrogens is 473 g/mol. The molecule has 1 aliphatic heterocycles. The number of hydrogen-bond acceptors (Lipinski definition) is 4. The Hall–Kier alpha value is -2.26. The van der Waals surface area contributed by atoms with Crippen LogP contribution in [0, 0.1) is 3.57 Å². The zero-order chi connectivity index (χ0) is 19.0. The van der Waals surface area contributed by atoms with Crippen LogP contribution in [0.4, 0.5) is 10.8 Å². The van der Waals surface area contributed by atoms with E-state index in [2.05, 4.69) is 32.9 Å². The molecule has 0 radical (unpaired) electrons. The molecule has 0 saturated heterocycles. The predicted molar refractivity (Wildman–Crippen MR) is 116 cm³/mol. The van der Waals surface area contributed by atoms with Crippen molar-refractivity contribution in [1.82, 2.24) is 4.98 Å². The van der Waals surface area contributed by atoms with E-state index in [0.717, 1.165) is 28.9 Å². The van der Waals surface area contributed by atoms with Gasteiger partial charge in [0, 0.05) is 39.2 Å². The van der Waals surface area contributed by atoms with Gasteiger partial charge in [-0.15, -0.1) is 11.3 Å². The highest BCUT2D eigenvalue weighted by Crippen LogP contribution is 2.30. The average molecular weight is 489 g/mol. The van der Waals surface area contributed by atoms with E-state index in [-0.39, 0.29) is 11.8 Å². The molecule has 1 N–H and O–H groups in total. The monoisotopic (exact) mass is 489 g/mol. The summed E-state index contributed by atoms with van der Waals surface area (Å²) in [6.07, 6.45) is 0.768. The van der Waals surface area contributed by atoms with Gasteiger partial charge in [-0.1, -0.05) is 12.1 Å². The van der Waals surface area contributed by atoms with E-state index in [1.165, 1.54) is 14.9 Å². The number of aromatic nitrogens is 1. The molecule has 136 valence electrons. The molecule has 3 aromatic rings. The minimum absolute atomic E-state index is 0.0249. The van der Waals surface area contributed by atoms with Gasteiger partial charge in [0.2, 0.25) is 5.91 Å². The van der Waals surface area contributed by atoms with E-state index in [0.29, 0.717) is 17.2 Å². The third-order valence-electron chi connectivity index (χ3n) is 4.48. The van der Waals surface area contributed by atoms with Gasteiger partial charge >= 0.3 is 0 Å². The molecule has 2 amide bonds. The number of rotatable bonds is 3. The normalized spacial score (nSPS) is 12.7. The first-order chi connectivity index (χ1) is 13.0. The number of anilines is 2. The molecule has 1 aliphatic rings. The lowest BCUT2D eigenvalue weighted by Gasteiger charge is -2.14.